The molecule has 0 aliphatic rings. The lowest BCUT2D eigenvalue weighted by Gasteiger charge is -2.11. The van der Waals surface area contributed by atoms with Crippen LogP contribution in [0.2, 0.25) is 5.02 Å². The highest BCUT2D eigenvalue weighted by Gasteiger charge is 2.04. The van der Waals surface area contributed by atoms with E-state index in [-0.39, 0.29) is 0 Å². The predicted molar refractivity (Wildman–Crippen MR) is 107 cm³/mol. The van der Waals surface area contributed by atoms with E-state index in [4.69, 9.17) is 16.3 Å². The van der Waals surface area contributed by atoms with Gasteiger partial charge in [0.05, 0.1) is 7.11 Å². The minimum atomic E-state index is 0.548. The lowest BCUT2D eigenvalue weighted by molar-refractivity contribution is 0.415. The zero-order valence-corrected chi connectivity index (χ0v) is 15.5. The van der Waals surface area contributed by atoms with Crippen molar-refractivity contribution in [3.05, 3.63) is 70.9 Å². The van der Waals surface area contributed by atoms with Gasteiger partial charge in [-0.1, -0.05) is 29.8 Å². The molecule has 0 bridgehead atoms. The van der Waals surface area contributed by atoms with E-state index < -0.39 is 0 Å². The van der Waals surface area contributed by atoms with Gasteiger partial charge in [-0.2, -0.15) is 4.98 Å². The molecule has 0 saturated heterocycles. The Kier molecular flexibility index (Phi) is 5.92. The fourth-order valence-corrected chi connectivity index (χ4v) is 2.66. The fourth-order valence-electron chi connectivity index (χ4n) is 2.53. The summed E-state index contributed by atoms with van der Waals surface area (Å²) >= 11 is 5.91. The molecular formula is C20H21ClN4O. The SMILES string of the molecule is COc1cccc(Nc2nc(C)cc(NCCc3ccc(Cl)cc3)n2)c1. The molecule has 0 unspecified atom stereocenters. The molecule has 3 rings (SSSR count). The second-order valence-electron chi connectivity index (χ2n) is 5.88. The molecular weight excluding hydrogens is 348 g/mol. The quantitative estimate of drug-likeness (QED) is 0.624. The minimum absolute atomic E-state index is 0.548. The monoisotopic (exact) mass is 368 g/mol. The van der Waals surface area contributed by atoms with E-state index in [0.29, 0.717) is 5.95 Å². The summed E-state index contributed by atoms with van der Waals surface area (Å²) < 4.78 is 5.24. The number of anilines is 3. The summed E-state index contributed by atoms with van der Waals surface area (Å²) in [6, 6.07) is 17.5. The van der Waals surface area contributed by atoms with E-state index in [0.717, 1.165) is 40.9 Å². The maximum atomic E-state index is 5.91. The first-order valence-corrected chi connectivity index (χ1v) is 8.75. The van der Waals surface area contributed by atoms with Crippen molar-refractivity contribution >= 4 is 29.1 Å². The number of aryl methyl sites for hydroxylation is 1. The van der Waals surface area contributed by atoms with Crippen molar-refractivity contribution < 1.29 is 4.74 Å². The number of nitrogens with zero attached hydrogens (tertiary/aromatic N) is 2. The van der Waals surface area contributed by atoms with Crippen LogP contribution in [0.1, 0.15) is 11.3 Å². The van der Waals surface area contributed by atoms with Crippen molar-refractivity contribution in [2.75, 3.05) is 24.3 Å². The van der Waals surface area contributed by atoms with Crippen LogP contribution in [0.3, 0.4) is 0 Å². The number of hydrogen-bond donors (Lipinski definition) is 2. The maximum absolute atomic E-state index is 5.91. The van der Waals surface area contributed by atoms with Gasteiger partial charge in [0.25, 0.3) is 0 Å². The smallest absolute Gasteiger partial charge is 0.229 e. The Morgan fingerprint density at radius 2 is 1.85 bits per heavy atom. The van der Waals surface area contributed by atoms with Gasteiger partial charge in [0.2, 0.25) is 5.95 Å². The standard InChI is InChI=1S/C20H21ClN4O/c1-14-12-19(22-11-10-15-6-8-16(21)9-7-15)25-20(23-14)24-17-4-3-5-18(13-17)26-2/h3-9,12-13H,10-11H2,1-2H3,(H2,22,23,24,25). The van der Waals surface area contributed by atoms with Gasteiger partial charge in [-0.3, -0.25) is 0 Å². The van der Waals surface area contributed by atoms with Crippen LogP contribution in [0.4, 0.5) is 17.5 Å². The average Bonchev–Trinajstić information content (AvgIpc) is 2.63. The van der Waals surface area contributed by atoms with E-state index in [9.17, 15) is 0 Å². The van der Waals surface area contributed by atoms with Crippen LogP contribution in [-0.4, -0.2) is 23.6 Å². The molecule has 26 heavy (non-hydrogen) atoms. The molecule has 134 valence electrons. The number of aromatic nitrogens is 2. The second-order valence-corrected chi connectivity index (χ2v) is 6.31. The summed E-state index contributed by atoms with van der Waals surface area (Å²) in [5, 5.41) is 7.32. The molecule has 2 N–H and O–H groups in total. The molecule has 1 aromatic heterocycles. The molecule has 6 heteroatoms. The van der Waals surface area contributed by atoms with Crippen LogP contribution in [0, 0.1) is 6.92 Å². The third-order valence-corrected chi connectivity index (χ3v) is 4.07. The van der Waals surface area contributed by atoms with Crippen molar-refractivity contribution in [1.29, 1.82) is 0 Å². The molecule has 1 heterocycles. The van der Waals surface area contributed by atoms with Crippen molar-refractivity contribution in [3.63, 3.8) is 0 Å². The van der Waals surface area contributed by atoms with Crippen LogP contribution in [0.15, 0.2) is 54.6 Å². The first kappa shape index (κ1) is 18.0. The highest BCUT2D eigenvalue weighted by atomic mass is 35.5. The minimum Gasteiger partial charge on any atom is -0.497 e. The molecule has 0 amide bonds. The van der Waals surface area contributed by atoms with Crippen molar-refractivity contribution in [2.24, 2.45) is 0 Å². The fraction of sp³-hybridized carbons (Fsp3) is 0.200. The topological polar surface area (TPSA) is 59.1 Å². The molecule has 0 saturated carbocycles. The van der Waals surface area contributed by atoms with E-state index in [2.05, 4.69) is 20.6 Å². The summed E-state index contributed by atoms with van der Waals surface area (Å²) in [5.74, 6) is 2.12. The second kappa shape index (κ2) is 8.54. The predicted octanol–water partition coefficient (Wildman–Crippen LogP) is 4.85. The summed E-state index contributed by atoms with van der Waals surface area (Å²) in [7, 11) is 1.64. The number of nitrogens with one attached hydrogen (secondary N) is 2. The first-order chi connectivity index (χ1) is 12.6. The van der Waals surface area contributed by atoms with Crippen molar-refractivity contribution in [3.8, 4) is 5.75 Å². The zero-order valence-electron chi connectivity index (χ0n) is 14.8. The number of benzene rings is 2. The molecule has 0 spiro atoms. The first-order valence-electron chi connectivity index (χ1n) is 8.37. The van der Waals surface area contributed by atoms with Gasteiger partial charge >= 0.3 is 0 Å². The summed E-state index contributed by atoms with van der Waals surface area (Å²) in [5.41, 5.74) is 2.99. The normalized spacial score (nSPS) is 10.4. The highest BCUT2D eigenvalue weighted by Crippen LogP contribution is 2.20. The third kappa shape index (κ3) is 5.10. The number of methoxy groups -OCH3 is 1. The van der Waals surface area contributed by atoms with Crippen LogP contribution in [0.5, 0.6) is 5.75 Å². The number of halogens is 1. The maximum Gasteiger partial charge on any atom is 0.229 e. The Labute approximate surface area is 158 Å². The summed E-state index contributed by atoms with van der Waals surface area (Å²) in [4.78, 5) is 8.98. The molecule has 0 fully saturated rings. The van der Waals surface area contributed by atoms with Crippen LogP contribution in [-0.2, 0) is 6.42 Å². The summed E-state index contributed by atoms with van der Waals surface area (Å²) in [6.07, 6.45) is 0.888. The van der Waals surface area contributed by atoms with Gasteiger partial charge in [0.15, 0.2) is 0 Å². The highest BCUT2D eigenvalue weighted by molar-refractivity contribution is 6.30. The van der Waals surface area contributed by atoms with Crippen molar-refractivity contribution in [2.45, 2.75) is 13.3 Å². The van der Waals surface area contributed by atoms with E-state index in [1.807, 2.05) is 61.5 Å². The van der Waals surface area contributed by atoms with E-state index in [1.54, 1.807) is 7.11 Å². The Balaban J connectivity index is 1.64. The Morgan fingerprint density at radius 1 is 1.04 bits per heavy atom. The lowest BCUT2D eigenvalue weighted by Crippen LogP contribution is -2.08. The molecule has 2 aromatic carbocycles. The Morgan fingerprint density at radius 3 is 2.62 bits per heavy atom. The molecule has 0 aliphatic carbocycles. The van der Waals surface area contributed by atoms with Gasteiger partial charge in [-0.15, -0.1) is 0 Å². The van der Waals surface area contributed by atoms with Crippen LogP contribution in [0.25, 0.3) is 0 Å². The van der Waals surface area contributed by atoms with Gasteiger partial charge < -0.3 is 15.4 Å². The Hall–Kier alpha value is -2.79. The zero-order chi connectivity index (χ0) is 18.4. The van der Waals surface area contributed by atoms with Gasteiger partial charge in [-0.25, -0.2) is 4.98 Å². The van der Waals surface area contributed by atoms with Crippen LogP contribution >= 0.6 is 11.6 Å². The third-order valence-electron chi connectivity index (χ3n) is 3.81. The molecule has 0 atom stereocenters. The van der Waals surface area contributed by atoms with E-state index >= 15 is 0 Å². The van der Waals surface area contributed by atoms with Crippen molar-refractivity contribution in [1.82, 2.24) is 9.97 Å². The molecule has 3 aromatic rings. The molecule has 5 nitrogen and oxygen atoms in total. The van der Waals surface area contributed by atoms with Gasteiger partial charge in [0, 0.05) is 35.1 Å². The lowest BCUT2D eigenvalue weighted by atomic mass is 10.1. The van der Waals surface area contributed by atoms with Crippen LogP contribution < -0.4 is 15.4 Å². The molecule has 0 radical (unpaired) electrons. The average molecular weight is 369 g/mol. The largest absolute Gasteiger partial charge is 0.497 e. The number of hydrogen-bond acceptors (Lipinski definition) is 5. The number of rotatable bonds is 7. The van der Waals surface area contributed by atoms with Gasteiger partial charge in [-0.05, 0) is 43.2 Å². The Bertz CT molecular complexity index is 868. The molecule has 0 aliphatic heterocycles. The van der Waals surface area contributed by atoms with Gasteiger partial charge in [0.1, 0.15) is 11.6 Å². The number of ether oxygens (including phenoxy) is 1. The summed E-state index contributed by atoms with van der Waals surface area (Å²) in [6.45, 7) is 2.72. The van der Waals surface area contributed by atoms with E-state index in [1.165, 1.54) is 5.56 Å².